The van der Waals surface area contributed by atoms with Crippen molar-refractivity contribution in [3.8, 4) is 5.75 Å². The molecule has 6 rings (SSSR count). The summed E-state index contributed by atoms with van der Waals surface area (Å²) in [5, 5.41) is 10.1. The maximum absolute atomic E-state index is 12.3. The molecule has 38 heavy (non-hydrogen) atoms. The van der Waals surface area contributed by atoms with Gasteiger partial charge in [0.25, 0.3) is 0 Å². The van der Waals surface area contributed by atoms with Crippen LogP contribution in [0.5, 0.6) is 5.75 Å². The minimum absolute atomic E-state index is 0. The molecule has 6 heteroatoms. The SMILES string of the molecule is COc1ccc(C(C)C)cc1CO[C@H]1[C@@H]2CCN(C[C@H]2C(=O)O)[C@H]1C(c1ccccc1)c1ccccc1.Cl. The number of rotatable bonds is 9. The third-order valence-corrected chi connectivity index (χ3v) is 8.26. The van der Waals surface area contributed by atoms with Crippen LogP contribution in [0.1, 0.15) is 54.4 Å². The van der Waals surface area contributed by atoms with Crippen LogP contribution in [-0.2, 0) is 16.1 Å². The highest BCUT2D eigenvalue weighted by atomic mass is 35.5. The summed E-state index contributed by atoms with van der Waals surface area (Å²) in [5.41, 5.74) is 4.70. The molecule has 0 aromatic heterocycles. The number of carboxylic acid groups (broad SMARTS) is 1. The van der Waals surface area contributed by atoms with Gasteiger partial charge in [-0.05, 0) is 47.7 Å². The first-order valence-corrected chi connectivity index (χ1v) is 13.3. The molecule has 0 radical (unpaired) electrons. The monoisotopic (exact) mass is 535 g/mol. The number of benzene rings is 3. The summed E-state index contributed by atoms with van der Waals surface area (Å²) in [6.07, 6.45) is 0.610. The van der Waals surface area contributed by atoms with E-state index in [0.29, 0.717) is 19.1 Å². The molecule has 0 aliphatic carbocycles. The molecule has 5 nitrogen and oxygen atoms in total. The van der Waals surface area contributed by atoms with Gasteiger partial charge in [0, 0.05) is 30.0 Å². The topological polar surface area (TPSA) is 59.0 Å². The predicted octanol–water partition coefficient (Wildman–Crippen LogP) is 6.36. The normalized spacial score (nSPS) is 24.3. The third kappa shape index (κ3) is 5.61. The lowest BCUT2D eigenvalue weighted by Gasteiger charge is -2.55. The Balaban J connectivity index is 0.00000336. The summed E-state index contributed by atoms with van der Waals surface area (Å²) in [4.78, 5) is 14.7. The van der Waals surface area contributed by atoms with Crippen LogP contribution in [0.2, 0.25) is 0 Å². The summed E-state index contributed by atoms with van der Waals surface area (Å²) < 4.78 is 12.5. The van der Waals surface area contributed by atoms with Gasteiger partial charge in [0.15, 0.2) is 0 Å². The van der Waals surface area contributed by atoms with Crippen molar-refractivity contribution in [1.29, 1.82) is 0 Å². The Morgan fingerprint density at radius 2 is 1.61 bits per heavy atom. The first-order chi connectivity index (χ1) is 18.0. The molecule has 3 aromatic rings. The zero-order valence-corrected chi connectivity index (χ0v) is 23.1. The van der Waals surface area contributed by atoms with E-state index in [4.69, 9.17) is 9.47 Å². The Labute approximate surface area is 232 Å². The standard InChI is InChI=1S/C32H37NO4.ClH/c1-21(2)24-14-15-28(36-3)25(18-24)20-37-31-26-16-17-33(19-27(26)32(34)35)30(31)29(22-10-6-4-7-11-22)23-12-8-5-9-13-23;/h4-15,18,21,26-27,29-31H,16-17,19-20H2,1-3H3,(H,34,35);1H/t26-,27-,30+,31+;/m1./s1. The predicted molar refractivity (Wildman–Crippen MR) is 152 cm³/mol. The van der Waals surface area contributed by atoms with E-state index in [2.05, 4.69) is 79.4 Å². The molecular formula is C32H38ClNO4. The molecule has 2 bridgehead atoms. The number of ether oxygens (including phenoxy) is 2. The van der Waals surface area contributed by atoms with Crippen LogP contribution < -0.4 is 4.74 Å². The smallest absolute Gasteiger partial charge is 0.308 e. The molecule has 3 heterocycles. The minimum atomic E-state index is -0.725. The first-order valence-electron chi connectivity index (χ1n) is 13.3. The van der Waals surface area contributed by atoms with E-state index in [1.165, 1.54) is 16.7 Å². The highest BCUT2D eigenvalue weighted by molar-refractivity contribution is 5.85. The van der Waals surface area contributed by atoms with Crippen LogP contribution in [0, 0.1) is 11.8 Å². The van der Waals surface area contributed by atoms with Crippen molar-refractivity contribution < 1.29 is 19.4 Å². The molecule has 3 aromatic carbocycles. The van der Waals surface area contributed by atoms with E-state index < -0.39 is 11.9 Å². The molecular weight excluding hydrogens is 498 g/mol. The van der Waals surface area contributed by atoms with Crippen molar-refractivity contribution in [2.45, 2.75) is 50.9 Å². The van der Waals surface area contributed by atoms with Gasteiger partial charge in [-0.25, -0.2) is 0 Å². The molecule has 1 unspecified atom stereocenters. The second-order valence-electron chi connectivity index (χ2n) is 10.7. The molecule has 0 saturated carbocycles. The van der Waals surface area contributed by atoms with E-state index in [9.17, 15) is 9.90 Å². The number of carboxylic acids is 1. The Hall–Kier alpha value is -2.86. The Kier molecular flexibility index (Phi) is 9.14. The van der Waals surface area contributed by atoms with Gasteiger partial charge in [-0.1, -0.05) is 80.6 Å². The fourth-order valence-corrected chi connectivity index (χ4v) is 6.37. The number of aliphatic carboxylic acids is 1. The molecule has 0 spiro atoms. The number of piperidine rings is 3. The third-order valence-electron chi connectivity index (χ3n) is 8.26. The van der Waals surface area contributed by atoms with Gasteiger partial charge in [-0.2, -0.15) is 0 Å². The van der Waals surface area contributed by atoms with Crippen molar-refractivity contribution in [3.05, 3.63) is 101 Å². The molecule has 3 fully saturated rings. The number of hydrogen-bond donors (Lipinski definition) is 1. The van der Waals surface area contributed by atoms with Gasteiger partial charge in [0.1, 0.15) is 5.75 Å². The quantitative estimate of drug-likeness (QED) is 0.345. The van der Waals surface area contributed by atoms with E-state index in [1.807, 2.05) is 18.2 Å². The highest BCUT2D eigenvalue weighted by Gasteiger charge is 2.53. The largest absolute Gasteiger partial charge is 0.496 e. The second kappa shape index (κ2) is 12.3. The van der Waals surface area contributed by atoms with Crippen LogP contribution in [0.4, 0.5) is 0 Å². The summed E-state index contributed by atoms with van der Waals surface area (Å²) in [5.74, 6) is 0.0876. The Morgan fingerprint density at radius 3 is 2.16 bits per heavy atom. The molecule has 1 N–H and O–H groups in total. The average Bonchev–Trinajstić information content (AvgIpc) is 2.93. The molecule has 3 saturated heterocycles. The van der Waals surface area contributed by atoms with Gasteiger partial charge in [-0.15, -0.1) is 12.4 Å². The highest BCUT2D eigenvalue weighted by Crippen LogP contribution is 2.46. The number of nitrogens with zero attached hydrogens (tertiary/aromatic N) is 1. The van der Waals surface area contributed by atoms with E-state index in [-0.39, 0.29) is 36.4 Å². The second-order valence-corrected chi connectivity index (χ2v) is 10.7. The van der Waals surface area contributed by atoms with Crippen molar-refractivity contribution in [1.82, 2.24) is 4.90 Å². The molecule has 0 amide bonds. The van der Waals surface area contributed by atoms with Crippen molar-refractivity contribution in [3.63, 3.8) is 0 Å². The number of methoxy groups -OCH3 is 1. The summed E-state index contributed by atoms with van der Waals surface area (Å²) >= 11 is 0. The van der Waals surface area contributed by atoms with Crippen molar-refractivity contribution in [2.75, 3.05) is 20.2 Å². The van der Waals surface area contributed by atoms with Crippen molar-refractivity contribution in [2.24, 2.45) is 11.8 Å². The number of hydrogen-bond acceptors (Lipinski definition) is 4. The fourth-order valence-electron chi connectivity index (χ4n) is 6.37. The fraction of sp³-hybridized carbons (Fsp3) is 0.406. The maximum atomic E-state index is 12.3. The zero-order valence-electron chi connectivity index (χ0n) is 22.3. The summed E-state index contributed by atoms with van der Waals surface area (Å²) in [6.45, 7) is 6.20. The van der Waals surface area contributed by atoms with Crippen LogP contribution in [-0.4, -0.2) is 48.3 Å². The van der Waals surface area contributed by atoms with Crippen LogP contribution in [0.3, 0.4) is 0 Å². The van der Waals surface area contributed by atoms with Gasteiger partial charge in [0.2, 0.25) is 0 Å². The lowest BCUT2D eigenvalue weighted by molar-refractivity contribution is -0.172. The lowest BCUT2D eigenvalue weighted by Crippen LogP contribution is -2.65. The van der Waals surface area contributed by atoms with Gasteiger partial charge < -0.3 is 14.6 Å². The molecule has 5 atom stereocenters. The maximum Gasteiger partial charge on any atom is 0.308 e. The number of fused-ring (bicyclic) bond motifs is 3. The van der Waals surface area contributed by atoms with E-state index in [1.54, 1.807) is 7.11 Å². The lowest BCUT2D eigenvalue weighted by atomic mass is 9.68. The zero-order chi connectivity index (χ0) is 25.9. The number of carbonyl (C=O) groups is 1. The minimum Gasteiger partial charge on any atom is -0.496 e. The van der Waals surface area contributed by atoms with Gasteiger partial charge in [0.05, 0.1) is 25.7 Å². The first kappa shape index (κ1) is 28.2. The van der Waals surface area contributed by atoms with Gasteiger partial charge >= 0.3 is 5.97 Å². The Morgan fingerprint density at radius 1 is 0.974 bits per heavy atom. The van der Waals surface area contributed by atoms with Gasteiger partial charge in [-0.3, -0.25) is 9.69 Å². The Bertz CT molecular complexity index is 1160. The summed E-state index contributed by atoms with van der Waals surface area (Å²) in [7, 11) is 1.69. The number of halogens is 1. The van der Waals surface area contributed by atoms with Crippen LogP contribution in [0.25, 0.3) is 0 Å². The molecule has 3 aliphatic heterocycles. The summed E-state index contributed by atoms with van der Waals surface area (Å²) in [6, 6.07) is 27.5. The average molecular weight is 536 g/mol. The molecule has 3 aliphatic rings. The van der Waals surface area contributed by atoms with E-state index >= 15 is 0 Å². The molecule has 202 valence electrons. The van der Waals surface area contributed by atoms with Crippen LogP contribution >= 0.6 is 12.4 Å². The van der Waals surface area contributed by atoms with E-state index in [0.717, 1.165) is 24.3 Å². The van der Waals surface area contributed by atoms with Crippen LogP contribution in [0.15, 0.2) is 78.9 Å². The van der Waals surface area contributed by atoms with Crippen molar-refractivity contribution >= 4 is 18.4 Å².